The monoisotopic (exact) mass is 262 g/mol. The first-order valence-electron chi connectivity index (χ1n) is 6.99. The Labute approximate surface area is 116 Å². The average molecular weight is 262 g/mol. The minimum atomic E-state index is -0.0340. The van der Waals surface area contributed by atoms with Crippen LogP contribution in [0.3, 0.4) is 0 Å². The quantitative estimate of drug-likeness (QED) is 0.857. The highest BCUT2D eigenvalue weighted by Gasteiger charge is 2.20. The molecule has 106 valence electrons. The number of hydrogen-bond acceptors (Lipinski definition) is 2. The molecule has 0 aliphatic carbocycles. The molecule has 0 saturated heterocycles. The summed E-state index contributed by atoms with van der Waals surface area (Å²) >= 11 is 0. The molecule has 19 heavy (non-hydrogen) atoms. The lowest BCUT2D eigenvalue weighted by Gasteiger charge is -2.22. The molecule has 3 nitrogen and oxygen atoms in total. The summed E-state index contributed by atoms with van der Waals surface area (Å²) in [4.78, 5) is 12.2. The summed E-state index contributed by atoms with van der Waals surface area (Å²) in [7, 11) is 0. The second-order valence-electron chi connectivity index (χ2n) is 6.01. The highest BCUT2D eigenvalue weighted by atomic mass is 16.1. The molecule has 0 fully saturated rings. The summed E-state index contributed by atoms with van der Waals surface area (Å²) in [5.41, 5.74) is 7.65. The van der Waals surface area contributed by atoms with Crippen LogP contribution in [0.1, 0.15) is 56.5 Å². The molecule has 0 aliphatic heterocycles. The molecule has 1 rings (SSSR count). The van der Waals surface area contributed by atoms with Gasteiger partial charge in [0.1, 0.15) is 0 Å². The number of amides is 1. The number of nitrogens with two attached hydrogens (primary N) is 1. The van der Waals surface area contributed by atoms with Crippen LogP contribution in [0.25, 0.3) is 0 Å². The first kappa shape index (κ1) is 15.7. The van der Waals surface area contributed by atoms with Crippen molar-refractivity contribution in [1.82, 2.24) is 5.32 Å². The predicted molar refractivity (Wildman–Crippen MR) is 80.4 cm³/mol. The van der Waals surface area contributed by atoms with Gasteiger partial charge in [0.05, 0.1) is 0 Å². The van der Waals surface area contributed by atoms with E-state index in [2.05, 4.69) is 33.0 Å². The highest BCUT2D eigenvalue weighted by Crippen LogP contribution is 2.25. The largest absolute Gasteiger partial charge is 0.352 e. The molecule has 0 aromatic heterocycles. The van der Waals surface area contributed by atoms with Crippen molar-refractivity contribution in [3.63, 3.8) is 0 Å². The third-order valence-electron chi connectivity index (χ3n) is 3.30. The molecular weight excluding hydrogens is 236 g/mol. The molecule has 3 heteroatoms. The van der Waals surface area contributed by atoms with E-state index < -0.39 is 0 Å². The van der Waals surface area contributed by atoms with E-state index in [1.54, 1.807) is 0 Å². The zero-order valence-corrected chi connectivity index (χ0v) is 12.5. The molecule has 0 heterocycles. The molecule has 0 radical (unpaired) electrons. The third-order valence-corrected chi connectivity index (χ3v) is 3.30. The zero-order valence-electron chi connectivity index (χ0n) is 12.5. The van der Waals surface area contributed by atoms with Gasteiger partial charge in [0, 0.05) is 18.2 Å². The van der Waals surface area contributed by atoms with Gasteiger partial charge in [-0.2, -0.15) is 0 Å². The van der Waals surface area contributed by atoms with Crippen molar-refractivity contribution >= 4 is 5.91 Å². The Morgan fingerprint density at radius 2 is 1.95 bits per heavy atom. The Morgan fingerprint density at radius 1 is 1.32 bits per heavy atom. The number of nitrogens with one attached hydrogen (secondary N) is 1. The van der Waals surface area contributed by atoms with Crippen molar-refractivity contribution in [2.75, 3.05) is 6.54 Å². The van der Waals surface area contributed by atoms with Crippen LogP contribution in [-0.2, 0) is 5.41 Å². The Bertz CT molecular complexity index is 421. The fourth-order valence-electron chi connectivity index (χ4n) is 2.01. The van der Waals surface area contributed by atoms with E-state index >= 15 is 0 Å². The molecule has 0 saturated carbocycles. The van der Waals surface area contributed by atoms with E-state index in [1.807, 2.05) is 24.3 Å². The topological polar surface area (TPSA) is 55.1 Å². The highest BCUT2D eigenvalue weighted by molar-refractivity contribution is 5.96. The van der Waals surface area contributed by atoms with Gasteiger partial charge in [-0.05, 0) is 29.9 Å². The fourth-order valence-corrected chi connectivity index (χ4v) is 2.01. The number of hydrogen-bond donors (Lipinski definition) is 2. The molecular formula is C16H26N2O. The lowest BCUT2D eigenvalue weighted by atomic mass is 9.83. The van der Waals surface area contributed by atoms with E-state index in [9.17, 15) is 4.79 Å². The summed E-state index contributed by atoms with van der Waals surface area (Å²) < 4.78 is 0. The maximum Gasteiger partial charge on any atom is 0.251 e. The van der Waals surface area contributed by atoms with E-state index in [-0.39, 0.29) is 17.4 Å². The predicted octanol–water partition coefficient (Wildman–Crippen LogP) is 2.84. The summed E-state index contributed by atoms with van der Waals surface area (Å²) in [5, 5.41) is 2.96. The van der Waals surface area contributed by atoms with Gasteiger partial charge in [0.2, 0.25) is 0 Å². The first-order valence-corrected chi connectivity index (χ1v) is 6.99. The second-order valence-corrected chi connectivity index (χ2v) is 6.01. The van der Waals surface area contributed by atoms with Crippen LogP contribution in [-0.4, -0.2) is 18.5 Å². The van der Waals surface area contributed by atoms with Crippen LogP contribution in [0.4, 0.5) is 0 Å². The fraction of sp³-hybridized carbons (Fsp3) is 0.562. The molecule has 0 bridgehead atoms. The summed E-state index contributed by atoms with van der Waals surface area (Å²) in [6.45, 7) is 9.04. The molecule has 1 unspecified atom stereocenters. The zero-order chi connectivity index (χ0) is 14.5. The van der Waals surface area contributed by atoms with Gasteiger partial charge in [-0.3, -0.25) is 4.79 Å². The van der Waals surface area contributed by atoms with Crippen molar-refractivity contribution in [3.05, 3.63) is 35.4 Å². The van der Waals surface area contributed by atoms with Crippen LogP contribution < -0.4 is 11.1 Å². The molecule has 1 amide bonds. The third kappa shape index (κ3) is 4.67. The standard InChI is InChI=1S/C16H26N2O/c1-5-12(17)10-11-18-15(19)13-8-6-7-9-14(13)16(2,3)4/h6-9,12H,5,10-11,17H2,1-4H3,(H,18,19). The summed E-state index contributed by atoms with van der Waals surface area (Å²) in [6.07, 6.45) is 1.76. The van der Waals surface area contributed by atoms with E-state index in [0.29, 0.717) is 6.54 Å². The van der Waals surface area contributed by atoms with Gasteiger partial charge in [0.25, 0.3) is 5.91 Å². The number of rotatable bonds is 5. The summed E-state index contributed by atoms with van der Waals surface area (Å²) in [5.74, 6) is -0.00571. The van der Waals surface area contributed by atoms with Crippen LogP contribution in [0.15, 0.2) is 24.3 Å². The van der Waals surface area contributed by atoms with Crippen LogP contribution in [0.5, 0.6) is 0 Å². The minimum Gasteiger partial charge on any atom is -0.352 e. The minimum absolute atomic E-state index is 0.00571. The maximum absolute atomic E-state index is 12.2. The van der Waals surface area contributed by atoms with Gasteiger partial charge in [-0.15, -0.1) is 0 Å². The van der Waals surface area contributed by atoms with E-state index in [1.165, 1.54) is 0 Å². The molecule has 3 N–H and O–H groups in total. The smallest absolute Gasteiger partial charge is 0.251 e. The molecule has 1 aromatic carbocycles. The molecule has 0 spiro atoms. The van der Waals surface area contributed by atoms with Crippen LogP contribution in [0, 0.1) is 0 Å². The van der Waals surface area contributed by atoms with Crippen LogP contribution >= 0.6 is 0 Å². The van der Waals surface area contributed by atoms with Gasteiger partial charge >= 0.3 is 0 Å². The molecule has 1 atom stereocenters. The van der Waals surface area contributed by atoms with Crippen molar-refractivity contribution in [2.24, 2.45) is 5.73 Å². The second kappa shape index (κ2) is 6.71. The van der Waals surface area contributed by atoms with Crippen LogP contribution in [0.2, 0.25) is 0 Å². The van der Waals surface area contributed by atoms with Crippen molar-refractivity contribution in [3.8, 4) is 0 Å². The number of carbonyl (C=O) groups excluding carboxylic acids is 1. The SMILES string of the molecule is CCC(N)CCNC(=O)c1ccccc1C(C)(C)C. The van der Waals surface area contributed by atoms with Crippen molar-refractivity contribution in [2.45, 2.75) is 52.0 Å². The molecule has 0 aliphatic rings. The molecule has 1 aromatic rings. The lowest BCUT2D eigenvalue weighted by molar-refractivity contribution is 0.0950. The number of carbonyl (C=O) groups is 1. The average Bonchev–Trinajstić information content (AvgIpc) is 2.37. The maximum atomic E-state index is 12.2. The van der Waals surface area contributed by atoms with Gasteiger partial charge in [-0.1, -0.05) is 45.9 Å². The van der Waals surface area contributed by atoms with Gasteiger partial charge < -0.3 is 11.1 Å². The Morgan fingerprint density at radius 3 is 2.53 bits per heavy atom. The lowest BCUT2D eigenvalue weighted by Crippen LogP contribution is -2.31. The van der Waals surface area contributed by atoms with E-state index in [0.717, 1.165) is 24.0 Å². The first-order chi connectivity index (χ1) is 8.86. The summed E-state index contributed by atoms with van der Waals surface area (Å²) in [6, 6.07) is 7.95. The van der Waals surface area contributed by atoms with Gasteiger partial charge in [-0.25, -0.2) is 0 Å². The Hall–Kier alpha value is -1.35. The normalized spacial score (nSPS) is 13.1. The Kier molecular flexibility index (Phi) is 5.55. The van der Waals surface area contributed by atoms with Crippen molar-refractivity contribution in [1.29, 1.82) is 0 Å². The van der Waals surface area contributed by atoms with Crippen molar-refractivity contribution < 1.29 is 4.79 Å². The Balaban J connectivity index is 2.72. The van der Waals surface area contributed by atoms with Gasteiger partial charge in [0.15, 0.2) is 0 Å². The number of benzene rings is 1. The van der Waals surface area contributed by atoms with E-state index in [4.69, 9.17) is 5.73 Å².